The van der Waals surface area contributed by atoms with Gasteiger partial charge >= 0.3 is 0 Å². The molecule has 0 bridgehead atoms. The van der Waals surface area contributed by atoms with E-state index in [9.17, 15) is 4.79 Å². The molecule has 1 aliphatic rings. The first kappa shape index (κ1) is 12.9. The van der Waals surface area contributed by atoms with Crippen LogP contribution in [-0.4, -0.2) is 25.2 Å². The van der Waals surface area contributed by atoms with Crippen LogP contribution in [0.5, 0.6) is 0 Å². The van der Waals surface area contributed by atoms with Crippen molar-refractivity contribution in [3.8, 4) is 0 Å². The van der Waals surface area contributed by atoms with E-state index in [0.29, 0.717) is 9.90 Å². The van der Waals surface area contributed by atoms with E-state index < -0.39 is 0 Å². The minimum absolute atomic E-state index is 0.0843. The minimum atomic E-state index is -0.0843. The van der Waals surface area contributed by atoms with Crippen molar-refractivity contribution in [3.63, 3.8) is 0 Å². The molecule has 0 radical (unpaired) electrons. The zero-order chi connectivity index (χ0) is 12.3. The summed E-state index contributed by atoms with van der Waals surface area (Å²) in [6.07, 6.45) is 4.44. The number of hydrogen-bond acceptors (Lipinski definition) is 3. The van der Waals surface area contributed by atoms with E-state index in [1.807, 2.05) is 5.38 Å². The van der Waals surface area contributed by atoms with Crippen LogP contribution in [0.15, 0.2) is 11.4 Å². The number of methoxy groups -OCH3 is 1. The fourth-order valence-corrected chi connectivity index (χ4v) is 3.28. The van der Waals surface area contributed by atoms with Crippen molar-refractivity contribution >= 4 is 28.8 Å². The lowest BCUT2D eigenvalue weighted by Crippen LogP contribution is -2.45. The lowest BCUT2D eigenvalue weighted by molar-refractivity contribution is 0.0393. The Bertz CT molecular complexity index is 394. The van der Waals surface area contributed by atoms with Crippen LogP contribution in [0.4, 0.5) is 0 Å². The van der Waals surface area contributed by atoms with Gasteiger partial charge in [-0.1, -0.05) is 24.4 Å². The van der Waals surface area contributed by atoms with Crippen molar-refractivity contribution in [2.75, 3.05) is 7.11 Å². The number of halogens is 1. The molecule has 1 amide bonds. The summed E-state index contributed by atoms with van der Waals surface area (Å²) in [4.78, 5) is 12.6. The fourth-order valence-electron chi connectivity index (χ4n) is 2.23. The van der Waals surface area contributed by atoms with Gasteiger partial charge in [0.2, 0.25) is 0 Å². The second-order valence-electron chi connectivity index (χ2n) is 4.24. The highest BCUT2D eigenvalue weighted by molar-refractivity contribution is 7.12. The molecule has 1 N–H and O–H groups in total. The van der Waals surface area contributed by atoms with E-state index in [2.05, 4.69) is 5.32 Å². The van der Waals surface area contributed by atoms with Gasteiger partial charge in [-0.25, -0.2) is 0 Å². The van der Waals surface area contributed by atoms with Crippen molar-refractivity contribution in [1.82, 2.24) is 5.32 Å². The average Bonchev–Trinajstić information content (AvgIpc) is 2.76. The van der Waals surface area contributed by atoms with E-state index in [4.69, 9.17) is 16.3 Å². The monoisotopic (exact) mass is 273 g/mol. The van der Waals surface area contributed by atoms with Gasteiger partial charge in [-0.2, -0.15) is 0 Å². The molecule has 0 aromatic carbocycles. The highest BCUT2D eigenvalue weighted by Gasteiger charge is 2.27. The summed E-state index contributed by atoms with van der Waals surface area (Å²) in [5, 5.41) is 5.38. The summed E-state index contributed by atoms with van der Waals surface area (Å²) in [6.45, 7) is 0. The fraction of sp³-hybridized carbons (Fsp3) is 0.583. The second kappa shape index (κ2) is 5.85. The summed E-state index contributed by atoms with van der Waals surface area (Å²) in [7, 11) is 1.70. The number of rotatable bonds is 3. The van der Waals surface area contributed by atoms with Crippen LogP contribution >= 0.6 is 22.9 Å². The van der Waals surface area contributed by atoms with Crippen molar-refractivity contribution in [1.29, 1.82) is 0 Å². The molecule has 1 aromatic rings. The van der Waals surface area contributed by atoms with Gasteiger partial charge in [0.1, 0.15) is 4.88 Å². The molecule has 2 atom stereocenters. The molecule has 0 aliphatic heterocycles. The highest BCUT2D eigenvalue weighted by Crippen LogP contribution is 2.24. The molecule has 0 saturated heterocycles. The maximum atomic E-state index is 12.0. The summed E-state index contributed by atoms with van der Waals surface area (Å²) < 4.78 is 5.41. The van der Waals surface area contributed by atoms with Crippen molar-refractivity contribution in [2.24, 2.45) is 0 Å². The lowest BCUT2D eigenvalue weighted by atomic mass is 9.92. The summed E-state index contributed by atoms with van der Waals surface area (Å²) >= 11 is 7.31. The number of amides is 1. The molecule has 0 unspecified atom stereocenters. The Labute approximate surface area is 110 Å². The van der Waals surface area contributed by atoms with Crippen LogP contribution in [0.1, 0.15) is 35.4 Å². The Kier molecular flexibility index (Phi) is 4.42. The number of ether oxygens (including phenoxy) is 1. The maximum Gasteiger partial charge on any atom is 0.263 e. The summed E-state index contributed by atoms with van der Waals surface area (Å²) in [5.74, 6) is -0.0843. The number of thiophene rings is 1. The van der Waals surface area contributed by atoms with Crippen LogP contribution in [0.25, 0.3) is 0 Å². The second-order valence-corrected chi connectivity index (χ2v) is 5.56. The first-order valence-corrected chi connectivity index (χ1v) is 7.05. The predicted octanol–water partition coefficient (Wildman–Crippen LogP) is 3.09. The molecule has 17 heavy (non-hydrogen) atoms. The first-order valence-electron chi connectivity index (χ1n) is 5.79. The summed E-state index contributed by atoms with van der Waals surface area (Å²) in [6, 6.07) is 1.86. The van der Waals surface area contributed by atoms with E-state index in [1.165, 1.54) is 17.8 Å². The van der Waals surface area contributed by atoms with Gasteiger partial charge in [0.25, 0.3) is 5.91 Å². The molecule has 1 aliphatic carbocycles. The van der Waals surface area contributed by atoms with E-state index in [0.717, 1.165) is 19.3 Å². The largest absolute Gasteiger partial charge is 0.379 e. The molecule has 1 saturated carbocycles. The highest BCUT2D eigenvalue weighted by atomic mass is 35.5. The standard InChI is InChI=1S/C12H16ClNO2S/c1-16-10-5-3-2-4-9(10)14-12(15)11-8(13)6-7-17-11/h6-7,9-10H,2-5H2,1H3,(H,14,15)/t9-,10+/m1/s1. The number of carbonyl (C=O) groups excluding carboxylic acids is 1. The van der Waals surface area contributed by atoms with Gasteiger partial charge in [-0.15, -0.1) is 11.3 Å². The number of carbonyl (C=O) groups is 1. The van der Waals surface area contributed by atoms with Crippen molar-refractivity contribution in [2.45, 2.75) is 37.8 Å². The molecule has 94 valence electrons. The molecule has 1 aromatic heterocycles. The van der Waals surface area contributed by atoms with E-state index >= 15 is 0 Å². The van der Waals surface area contributed by atoms with Crippen LogP contribution in [0.3, 0.4) is 0 Å². The van der Waals surface area contributed by atoms with Crippen LogP contribution in [0, 0.1) is 0 Å². The van der Waals surface area contributed by atoms with Crippen LogP contribution < -0.4 is 5.32 Å². The molecule has 0 spiro atoms. The normalized spacial score (nSPS) is 24.6. The van der Waals surface area contributed by atoms with Crippen LogP contribution in [0.2, 0.25) is 5.02 Å². The van der Waals surface area contributed by atoms with E-state index in [1.54, 1.807) is 13.2 Å². The third-order valence-corrected chi connectivity index (χ3v) is 4.49. The predicted molar refractivity (Wildman–Crippen MR) is 69.8 cm³/mol. The molecule has 2 rings (SSSR count). The van der Waals surface area contributed by atoms with Gasteiger partial charge in [0.15, 0.2) is 0 Å². The number of hydrogen-bond donors (Lipinski definition) is 1. The van der Waals surface area contributed by atoms with Gasteiger partial charge in [0.05, 0.1) is 17.2 Å². The average molecular weight is 274 g/mol. The Morgan fingerprint density at radius 3 is 2.94 bits per heavy atom. The minimum Gasteiger partial charge on any atom is -0.379 e. The zero-order valence-corrected chi connectivity index (χ0v) is 11.3. The molecule has 1 fully saturated rings. The van der Waals surface area contributed by atoms with E-state index in [-0.39, 0.29) is 18.1 Å². The molecular weight excluding hydrogens is 258 g/mol. The van der Waals surface area contributed by atoms with Gasteiger partial charge in [-0.3, -0.25) is 4.79 Å². The topological polar surface area (TPSA) is 38.3 Å². The Balaban J connectivity index is 2.00. The molecule has 3 nitrogen and oxygen atoms in total. The smallest absolute Gasteiger partial charge is 0.263 e. The maximum absolute atomic E-state index is 12.0. The first-order chi connectivity index (χ1) is 8.22. The molecule has 1 heterocycles. The van der Waals surface area contributed by atoms with Crippen molar-refractivity contribution in [3.05, 3.63) is 21.3 Å². The van der Waals surface area contributed by atoms with Gasteiger partial charge in [-0.05, 0) is 24.3 Å². The Hall–Kier alpha value is -0.580. The quantitative estimate of drug-likeness (QED) is 0.919. The zero-order valence-electron chi connectivity index (χ0n) is 9.74. The van der Waals surface area contributed by atoms with Gasteiger partial charge < -0.3 is 10.1 Å². The van der Waals surface area contributed by atoms with Crippen LogP contribution in [-0.2, 0) is 4.74 Å². The summed E-state index contributed by atoms with van der Waals surface area (Å²) in [5.41, 5.74) is 0. The third-order valence-electron chi connectivity index (χ3n) is 3.15. The third kappa shape index (κ3) is 3.00. The molecule has 5 heteroatoms. The molecular formula is C12H16ClNO2S. The Morgan fingerprint density at radius 2 is 2.29 bits per heavy atom. The number of nitrogens with one attached hydrogen (secondary N) is 1. The Morgan fingerprint density at radius 1 is 1.53 bits per heavy atom. The van der Waals surface area contributed by atoms with Crippen molar-refractivity contribution < 1.29 is 9.53 Å². The van der Waals surface area contributed by atoms with Gasteiger partial charge in [0, 0.05) is 7.11 Å². The lowest BCUT2D eigenvalue weighted by Gasteiger charge is -2.30. The SMILES string of the molecule is CO[C@H]1CCCC[C@H]1NC(=O)c1sccc1Cl.